The maximum Gasteiger partial charge on any atom is 0.138 e. The fourth-order valence-corrected chi connectivity index (χ4v) is 2.25. The highest BCUT2D eigenvalue weighted by molar-refractivity contribution is 6.31. The number of benzene rings is 2. The van der Waals surface area contributed by atoms with Gasteiger partial charge in [-0.15, -0.1) is 0 Å². The van der Waals surface area contributed by atoms with Crippen molar-refractivity contribution < 1.29 is 0 Å². The molecule has 2 aromatic carbocycles. The molecule has 0 unspecified atom stereocenters. The summed E-state index contributed by atoms with van der Waals surface area (Å²) in [7, 11) is 0. The summed E-state index contributed by atoms with van der Waals surface area (Å²) < 4.78 is 0. The summed E-state index contributed by atoms with van der Waals surface area (Å²) in [6, 6.07) is 13.3. The van der Waals surface area contributed by atoms with Crippen molar-refractivity contribution in [3.63, 3.8) is 0 Å². The van der Waals surface area contributed by atoms with Crippen LogP contribution in [0.2, 0.25) is 5.02 Å². The van der Waals surface area contributed by atoms with E-state index in [9.17, 15) is 0 Å². The molecule has 0 fully saturated rings. The third-order valence-corrected chi connectivity index (χ3v) is 3.54. The van der Waals surface area contributed by atoms with Crippen LogP contribution in [0.25, 0.3) is 22.4 Å². The number of nitriles is 1. The summed E-state index contributed by atoms with van der Waals surface area (Å²) in [4.78, 5) is 7.77. The lowest BCUT2D eigenvalue weighted by Crippen LogP contribution is -1.85. The van der Waals surface area contributed by atoms with Gasteiger partial charge >= 0.3 is 0 Å². The summed E-state index contributed by atoms with van der Waals surface area (Å²) >= 11 is 6.13. The Bertz CT molecular complexity index is 812. The van der Waals surface area contributed by atoms with Crippen LogP contribution in [0.3, 0.4) is 0 Å². The summed E-state index contributed by atoms with van der Waals surface area (Å²) in [5.41, 5.74) is 4.28. The smallest absolute Gasteiger partial charge is 0.138 e. The first-order valence-corrected chi connectivity index (χ1v) is 6.22. The number of aromatic nitrogens is 2. The molecule has 0 bridgehead atoms. The molecule has 1 aromatic heterocycles. The molecule has 4 heteroatoms. The lowest BCUT2D eigenvalue weighted by molar-refractivity contribution is 1.31. The zero-order valence-electron chi connectivity index (χ0n) is 10.2. The van der Waals surface area contributed by atoms with Crippen LogP contribution in [0.15, 0.2) is 36.4 Å². The molecule has 0 radical (unpaired) electrons. The van der Waals surface area contributed by atoms with Crippen molar-refractivity contribution in [2.75, 3.05) is 0 Å². The number of rotatable bonds is 1. The third kappa shape index (κ3) is 1.96. The van der Waals surface area contributed by atoms with Gasteiger partial charge in [-0.1, -0.05) is 23.7 Å². The molecule has 0 aliphatic carbocycles. The average Bonchev–Trinajstić information content (AvgIpc) is 2.84. The standard InChI is InChI=1S/C15H10ClN3/c1-9-11(3-2-4-12(9)16)15-18-13-6-5-10(8-17)7-14(13)19-15/h2-7H,1H3,(H,18,19). The van der Waals surface area contributed by atoms with Crippen molar-refractivity contribution in [1.82, 2.24) is 9.97 Å². The van der Waals surface area contributed by atoms with E-state index in [2.05, 4.69) is 16.0 Å². The van der Waals surface area contributed by atoms with Crippen LogP contribution >= 0.6 is 11.6 Å². The van der Waals surface area contributed by atoms with E-state index in [0.717, 1.165) is 33.0 Å². The topological polar surface area (TPSA) is 52.5 Å². The van der Waals surface area contributed by atoms with Gasteiger partial charge in [-0.05, 0) is 36.8 Å². The van der Waals surface area contributed by atoms with Crippen molar-refractivity contribution in [3.8, 4) is 17.5 Å². The molecule has 0 saturated carbocycles. The number of hydrogen-bond acceptors (Lipinski definition) is 2. The van der Waals surface area contributed by atoms with E-state index >= 15 is 0 Å². The largest absolute Gasteiger partial charge is 0.338 e. The molecule has 3 aromatic rings. The predicted molar refractivity (Wildman–Crippen MR) is 76.0 cm³/mol. The van der Waals surface area contributed by atoms with E-state index in [4.69, 9.17) is 16.9 Å². The van der Waals surface area contributed by atoms with E-state index in [0.29, 0.717) is 5.56 Å². The molecule has 92 valence electrons. The second-order valence-corrected chi connectivity index (χ2v) is 4.75. The van der Waals surface area contributed by atoms with Crippen LogP contribution < -0.4 is 0 Å². The molecule has 19 heavy (non-hydrogen) atoms. The lowest BCUT2D eigenvalue weighted by Gasteiger charge is -2.03. The SMILES string of the molecule is Cc1c(Cl)cccc1-c1nc2ccc(C#N)cc2[nH]1. The quantitative estimate of drug-likeness (QED) is 0.723. The van der Waals surface area contributed by atoms with Crippen LogP contribution in [0.4, 0.5) is 0 Å². The molecule has 0 aliphatic rings. The van der Waals surface area contributed by atoms with Crippen molar-refractivity contribution >= 4 is 22.6 Å². The Morgan fingerprint density at radius 3 is 2.89 bits per heavy atom. The zero-order chi connectivity index (χ0) is 13.4. The molecule has 0 spiro atoms. The van der Waals surface area contributed by atoms with Gasteiger partial charge < -0.3 is 4.98 Å². The van der Waals surface area contributed by atoms with Crippen molar-refractivity contribution in [1.29, 1.82) is 5.26 Å². The summed E-state index contributed by atoms with van der Waals surface area (Å²) in [5.74, 6) is 0.769. The fraction of sp³-hybridized carbons (Fsp3) is 0.0667. The summed E-state index contributed by atoms with van der Waals surface area (Å²) in [6.45, 7) is 1.96. The molecular weight excluding hydrogens is 258 g/mol. The van der Waals surface area contributed by atoms with Gasteiger partial charge in [0.25, 0.3) is 0 Å². The Hall–Kier alpha value is -2.31. The molecule has 1 N–H and O–H groups in total. The van der Waals surface area contributed by atoms with Gasteiger partial charge in [-0.3, -0.25) is 0 Å². The van der Waals surface area contributed by atoms with Gasteiger partial charge in [0.15, 0.2) is 0 Å². The summed E-state index contributed by atoms with van der Waals surface area (Å²) in [5, 5.41) is 9.62. The Labute approximate surface area is 115 Å². The van der Waals surface area contributed by atoms with Gasteiger partial charge in [0.1, 0.15) is 5.82 Å². The molecule has 0 atom stereocenters. The van der Waals surface area contributed by atoms with Gasteiger partial charge in [-0.2, -0.15) is 5.26 Å². The molecule has 3 nitrogen and oxygen atoms in total. The number of aromatic amines is 1. The first-order valence-electron chi connectivity index (χ1n) is 5.84. The summed E-state index contributed by atoms with van der Waals surface area (Å²) in [6.07, 6.45) is 0. The normalized spacial score (nSPS) is 10.6. The Balaban J connectivity index is 2.21. The molecule has 1 heterocycles. The van der Waals surface area contributed by atoms with E-state index < -0.39 is 0 Å². The van der Waals surface area contributed by atoms with Gasteiger partial charge in [0.05, 0.1) is 22.7 Å². The first-order chi connectivity index (χ1) is 9.19. The highest BCUT2D eigenvalue weighted by Gasteiger charge is 2.09. The van der Waals surface area contributed by atoms with Crippen LogP contribution in [0, 0.1) is 18.3 Å². The van der Waals surface area contributed by atoms with E-state index in [1.807, 2.05) is 31.2 Å². The lowest BCUT2D eigenvalue weighted by atomic mass is 10.1. The number of hydrogen-bond donors (Lipinski definition) is 1. The van der Waals surface area contributed by atoms with E-state index in [1.54, 1.807) is 12.1 Å². The first kappa shape index (κ1) is 11.8. The van der Waals surface area contributed by atoms with Crippen molar-refractivity contribution in [2.24, 2.45) is 0 Å². The van der Waals surface area contributed by atoms with Gasteiger partial charge in [0.2, 0.25) is 0 Å². The Morgan fingerprint density at radius 2 is 2.11 bits per heavy atom. The highest BCUT2D eigenvalue weighted by Crippen LogP contribution is 2.28. The minimum absolute atomic E-state index is 0.616. The highest BCUT2D eigenvalue weighted by atomic mass is 35.5. The Morgan fingerprint density at radius 1 is 1.26 bits per heavy atom. The van der Waals surface area contributed by atoms with Crippen molar-refractivity contribution in [2.45, 2.75) is 6.92 Å². The van der Waals surface area contributed by atoms with E-state index in [1.165, 1.54) is 0 Å². The fourth-order valence-electron chi connectivity index (χ4n) is 2.07. The van der Waals surface area contributed by atoms with Crippen molar-refractivity contribution in [3.05, 3.63) is 52.5 Å². The Kier molecular flexibility index (Phi) is 2.73. The minimum Gasteiger partial charge on any atom is -0.338 e. The second kappa shape index (κ2) is 4.42. The van der Waals surface area contributed by atoms with Crippen LogP contribution in [-0.4, -0.2) is 9.97 Å². The van der Waals surface area contributed by atoms with Crippen LogP contribution in [0.5, 0.6) is 0 Å². The minimum atomic E-state index is 0.616. The van der Waals surface area contributed by atoms with Gasteiger partial charge in [-0.25, -0.2) is 4.98 Å². The maximum absolute atomic E-state index is 8.90. The predicted octanol–water partition coefficient (Wildman–Crippen LogP) is 4.06. The number of nitrogens with one attached hydrogen (secondary N) is 1. The third-order valence-electron chi connectivity index (χ3n) is 3.13. The molecule has 3 rings (SSSR count). The molecule has 0 amide bonds. The van der Waals surface area contributed by atoms with Crippen LogP contribution in [0.1, 0.15) is 11.1 Å². The number of halogens is 1. The maximum atomic E-state index is 8.90. The van der Waals surface area contributed by atoms with Crippen LogP contribution in [-0.2, 0) is 0 Å². The molecule has 0 saturated heterocycles. The zero-order valence-corrected chi connectivity index (χ0v) is 11.0. The van der Waals surface area contributed by atoms with E-state index in [-0.39, 0.29) is 0 Å². The number of fused-ring (bicyclic) bond motifs is 1. The van der Waals surface area contributed by atoms with Gasteiger partial charge in [0, 0.05) is 10.6 Å². The molecule has 0 aliphatic heterocycles. The molecular formula is C15H10ClN3. The number of nitrogens with zero attached hydrogens (tertiary/aromatic N) is 2. The monoisotopic (exact) mass is 267 g/mol. The number of imidazole rings is 1. The second-order valence-electron chi connectivity index (χ2n) is 4.34. The average molecular weight is 268 g/mol. The number of H-pyrrole nitrogens is 1.